The van der Waals surface area contributed by atoms with Crippen molar-refractivity contribution in [2.45, 2.75) is 32.2 Å². The quantitative estimate of drug-likeness (QED) is 0.409. The van der Waals surface area contributed by atoms with Gasteiger partial charge in [-0.25, -0.2) is 0 Å². The second kappa shape index (κ2) is 6.05. The molecule has 0 rings (SSSR count). The van der Waals surface area contributed by atoms with Gasteiger partial charge in [-0.15, -0.1) is 6.58 Å². The fourth-order valence-electron chi connectivity index (χ4n) is 0.929. The highest BCUT2D eigenvalue weighted by Gasteiger charge is 2.19. The lowest BCUT2D eigenvalue weighted by Crippen LogP contribution is -2.42. The van der Waals surface area contributed by atoms with Gasteiger partial charge in [0.15, 0.2) is 5.78 Å². The topological polar surface area (TPSA) is 72.5 Å². The molecule has 1 N–H and O–H groups in total. The van der Waals surface area contributed by atoms with E-state index >= 15 is 0 Å². The number of amides is 1. The molecule has 1 amide bonds. The predicted octanol–water partition coefficient (Wildman–Crippen LogP) is 0.589. The lowest BCUT2D eigenvalue weighted by Gasteiger charge is -2.21. The summed E-state index contributed by atoms with van der Waals surface area (Å²) in [5, 5.41) is 2.60. The number of ketones is 1. The molecule has 0 aromatic carbocycles. The van der Waals surface area contributed by atoms with Crippen molar-refractivity contribution < 1.29 is 19.1 Å². The second-order valence-electron chi connectivity index (χ2n) is 3.94. The first-order valence-electron chi connectivity index (χ1n) is 4.84. The summed E-state index contributed by atoms with van der Waals surface area (Å²) in [6.45, 7) is 7.06. The van der Waals surface area contributed by atoms with E-state index in [0.29, 0.717) is 0 Å². The van der Waals surface area contributed by atoms with E-state index in [1.54, 1.807) is 19.9 Å². The van der Waals surface area contributed by atoms with E-state index in [0.717, 1.165) is 0 Å². The van der Waals surface area contributed by atoms with Crippen molar-refractivity contribution in [3.05, 3.63) is 12.7 Å². The van der Waals surface area contributed by atoms with Gasteiger partial charge in [0.05, 0.1) is 19.1 Å². The number of ether oxygens (including phenoxy) is 1. The zero-order valence-electron chi connectivity index (χ0n) is 9.83. The number of Topliss-reactive ketones (excluding diaryl/α,β-unsaturated/α-hetero) is 1. The number of carbonyl (C=O) groups is 3. The summed E-state index contributed by atoms with van der Waals surface area (Å²) in [5.41, 5.74) is -0.567. The van der Waals surface area contributed by atoms with Gasteiger partial charge >= 0.3 is 5.97 Å². The van der Waals surface area contributed by atoms with E-state index < -0.39 is 23.2 Å². The maximum absolute atomic E-state index is 11.4. The van der Waals surface area contributed by atoms with Gasteiger partial charge < -0.3 is 10.1 Å². The van der Waals surface area contributed by atoms with Crippen LogP contribution in [0.15, 0.2) is 12.7 Å². The Hall–Kier alpha value is -1.65. The Bertz CT molecular complexity index is 307. The first-order chi connectivity index (χ1) is 7.30. The molecule has 5 heteroatoms. The summed E-state index contributed by atoms with van der Waals surface area (Å²) in [6.07, 6.45) is 0.862. The molecule has 0 atom stereocenters. The summed E-state index contributed by atoms with van der Waals surface area (Å²) in [6, 6.07) is 0. The summed E-state index contributed by atoms with van der Waals surface area (Å²) in [4.78, 5) is 33.3. The smallest absolute Gasteiger partial charge is 0.313 e. The monoisotopic (exact) mass is 227 g/mol. The Labute approximate surface area is 94.8 Å². The van der Waals surface area contributed by atoms with E-state index in [1.807, 2.05) is 0 Å². The fraction of sp³-hybridized carbons (Fsp3) is 0.545. The Morgan fingerprint density at radius 3 is 2.31 bits per heavy atom. The molecule has 90 valence electrons. The minimum Gasteiger partial charge on any atom is -0.469 e. The number of nitrogens with one attached hydrogen (secondary N) is 1. The van der Waals surface area contributed by atoms with Gasteiger partial charge in [-0.3, -0.25) is 14.4 Å². The van der Waals surface area contributed by atoms with Crippen LogP contribution in [0.5, 0.6) is 0 Å². The summed E-state index contributed by atoms with van der Waals surface area (Å²) < 4.78 is 4.32. The molecule has 0 aromatic heterocycles. The molecule has 0 unspecified atom stereocenters. The normalized spacial score (nSPS) is 10.4. The highest BCUT2D eigenvalue weighted by molar-refractivity contribution is 6.05. The SMILES string of the molecule is C=CC(C)(C)NC(=O)CC(=O)CC(=O)OC. The number of methoxy groups -OCH3 is 1. The molecule has 0 aliphatic carbocycles. The van der Waals surface area contributed by atoms with Crippen LogP contribution in [0, 0.1) is 0 Å². The Balaban J connectivity index is 4.11. The van der Waals surface area contributed by atoms with Crippen LogP contribution in [0.25, 0.3) is 0 Å². The number of carbonyl (C=O) groups excluding carboxylic acids is 3. The van der Waals surface area contributed by atoms with Crippen LogP contribution in [0.3, 0.4) is 0 Å². The van der Waals surface area contributed by atoms with Crippen LogP contribution in [-0.4, -0.2) is 30.3 Å². The van der Waals surface area contributed by atoms with Crippen LogP contribution >= 0.6 is 0 Å². The van der Waals surface area contributed by atoms with Gasteiger partial charge in [0, 0.05) is 0 Å². The van der Waals surface area contributed by atoms with E-state index in [1.165, 1.54) is 7.11 Å². The predicted molar refractivity (Wildman–Crippen MR) is 58.7 cm³/mol. The van der Waals surface area contributed by atoms with Gasteiger partial charge in [0.25, 0.3) is 0 Å². The summed E-state index contributed by atoms with van der Waals surface area (Å²) in [7, 11) is 1.19. The minimum absolute atomic E-state index is 0.327. The van der Waals surface area contributed by atoms with Crippen molar-refractivity contribution in [2.75, 3.05) is 7.11 Å². The van der Waals surface area contributed by atoms with Crippen LogP contribution in [0.1, 0.15) is 26.7 Å². The molecule has 0 saturated heterocycles. The van der Waals surface area contributed by atoms with Crippen molar-refractivity contribution in [2.24, 2.45) is 0 Å². The Kier molecular flexibility index (Phi) is 5.42. The third-order valence-electron chi connectivity index (χ3n) is 1.90. The van der Waals surface area contributed by atoms with Gasteiger partial charge in [0.1, 0.15) is 6.42 Å². The molecule has 0 radical (unpaired) electrons. The van der Waals surface area contributed by atoms with Gasteiger partial charge in [-0.05, 0) is 13.8 Å². The zero-order chi connectivity index (χ0) is 12.8. The Morgan fingerprint density at radius 1 is 1.31 bits per heavy atom. The molecular weight excluding hydrogens is 210 g/mol. The first-order valence-corrected chi connectivity index (χ1v) is 4.84. The molecule has 0 aromatic rings. The molecule has 0 fully saturated rings. The zero-order valence-corrected chi connectivity index (χ0v) is 9.83. The van der Waals surface area contributed by atoms with Crippen LogP contribution in [-0.2, 0) is 19.1 Å². The lowest BCUT2D eigenvalue weighted by atomic mass is 10.1. The largest absolute Gasteiger partial charge is 0.469 e. The molecule has 0 aliphatic rings. The number of hydrogen-bond donors (Lipinski definition) is 1. The standard InChI is InChI=1S/C11H17NO4/c1-5-11(2,3)12-9(14)6-8(13)7-10(15)16-4/h5H,1,6-7H2,2-4H3,(H,12,14). The fourth-order valence-corrected chi connectivity index (χ4v) is 0.929. The average Bonchev–Trinajstić information content (AvgIpc) is 2.16. The summed E-state index contributed by atoms with van der Waals surface area (Å²) in [5.74, 6) is -1.54. The number of rotatable bonds is 6. The van der Waals surface area contributed by atoms with Crippen LogP contribution < -0.4 is 5.32 Å². The van der Waals surface area contributed by atoms with Crippen molar-refractivity contribution >= 4 is 17.7 Å². The van der Waals surface area contributed by atoms with Crippen molar-refractivity contribution in [1.29, 1.82) is 0 Å². The van der Waals surface area contributed by atoms with Crippen LogP contribution in [0.2, 0.25) is 0 Å². The minimum atomic E-state index is -0.638. The molecule has 0 bridgehead atoms. The van der Waals surface area contributed by atoms with Crippen molar-refractivity contribution in [3.63, 3.8) is 0 Å². The number of esters is 1. The molecule has 0 spiro atoms. The average molecular weight is 227 g/mol. The van der Waals surface area contributed by atoms with E-state index in [-0.39, 0.29) is 12.8 Å². The second-order valence-corrected chi connectivity index (χ2v) is 3.94. The van der Waals surface area contributed by atoms with E-state index in [2.05, 4.69) is 16.6 Å². The third kappa shape index (κ3) is 5.95. The number of hydrogen-bond acceptors (Lipinski definition) is 4. The Morgan fingerprint density at radius 2 is 1.88 bits per heavy atom. The molecule has 5 nitrogen and oxygen atoms in total. The van der Waals surface area contributed by atoms with Gasteiger partial charge in [-0.1, -0.05) is 6.08 Å². The van der Waals surface area contributed by atoms with Gasteiger partial charge in [0.2, 0.25) is 5.91 Å². The molecule has 0 saturated carbocycles. The molecule has 16 heavy (non-hydrogen) atoms. The molecule has 0 aliphatic heterocycles. The summed E-state index contributed by atoms with van der Waals surface area (Å²) >= 11 is 0. The van der Waals surface area contributed by atoms with Gasteiger partial charge in [-0.2, -0.15) is 0 Å². The van der Waals surface area contributed by atoms with Crippen molar-refractivity contribution in [3.8, 4) is 0 Å². The van der Waals surface area contributed by atoms with E-state index in [9.17, 15) is 14.4 Å². The molecular formula is C11H17NO4. The van der Waals surface area contributed by atoms with E-state index in [4.69, 9.17) is 0 Å². The lowest BCUT2D eigenvalue weighted by molar-refractivity contribution is -0.143. The maximum Gasteiger partial charge on any atom is 0.313 e. The highest BCUT2D eigenvalue weighted by atomic mass is 16.5. The third-order valence-corrected chi connectivity index (χ3v) is 1.90. The van der Waals surface area contributed by atoms with Crippen molar-refractivity contribution in [1.82, 2.24) is 5.32 Å². The maximum atomic E-state index is 11.4. The highest BCUT2D eigenvalue weighted by Crippen LogP contribution is 2.03. The first kappa shape index (κ1) is 14.3. The van der Waals surface area contributed by atoms with Crippen LogP contribution in [0.4, 0.5) is 0 Å². The molecule has 0 heterocycles.